The second-order valence-corrected chi connectivity index (χ2v) is 4.69. The average Bonchev–Trinajstić information content (AvgIpc) is 2.51. The minimum Gasteiger partial charge on any atom is -0.507 e. The van der Waals surface area contributed by atoms with Crippen molar-refractivity contribution in [2.45, 2.75) is 0 Å². The van der Waals surface area contributed by atoms with Crippen LogP contribution in [0.4, 0.5) is 5.69 Å². The molecule has 98 valence electrons. The van der Waals surface area contributed by atoms with E-state index in [0.717, 1.165) is 22.3 Å². The van der Waals surface area contributed by atoms with E-state index >= 15 is 0 Å². The molecular formula is C18H15NO. The molecule has 2 heteroatoms. The Bertz CT molecular complexity index is 656. The minimum atomic E-state index is 0.240. The van der Waals surface area contributed by atoms with Crippen molar-refractivity contribution < 1.29 is 5.11 Å². The molecule has 0 atom stereocenters. The molecule has 0 aliphatic carbocycles. The highest BCUT2D eigenvalue weighted by atomic mass is 16.3. The lowest BCUT2D eigenvalue weighted by atomic mass is 9.97. The normalized spacial score (nSPS) is 10.4. The molecule has 0 fully saturated rings. The van der Waals surface area contributed by atoms with E-state index in [2.05, 4.69) is 0 Å². The Morgan fingerprint density at radius 3 is 1.70 bits per heavy atom. The van der Waals surface area contributed by atoms with Crippen molar-refractivity contribution in [3.63, 3.8) is 0 Å². The molecule has 0 heterocycles. The molecule has 0 aromatic heterocycles. The van der Waals surface area contributed by atoms with Gasteiger partial charge in [-0.25, -0.2) is 0 Å². The van der Waals surface area contributed by atoms with E-state index in [4.69, 9.17) is 5.73 Å². The van der Waals surface area contributed by atoms with Gasteiger partial charge in [-0.15, -0.1) is 0 Å². The summed E-state index contributed by atoms with van der Waals surface area (Å²) in [6.07, 6.45) is 0. The molecule has 2 nitrogen and oxygen atoms in total. The van der Waals surface area contributed by atoms with Crippen molar-refractivity contribution in [2.24, 2.45) is 0 Å². The molecule has 0 unspecified atom stereocenters. The van der Waals surface area contributed by atoms with E-state index < -0.39 is 0 Å². The van der Waals surface area contributed by atoms with E-state index in [1.54, 1.807) is 6.07 Å². The van der Waals surface area contributed by atoms with Gasteiger partial charge in [0.1, 0.15) is 5.75 Å². The fourth-order valence-corrected chi connectivity index (χ4v) is 2.32. The zero-order valence-corrected chi connectivity index (χ0v) is 11.0. The van der Waals surface area contributed by atoms with Crippen molar-refractivity contribution in [1.82, 2.24) is 0 Å². The third kappa shape index (κ3) is 2.24. The summed E-state index contributed by atoms with van der Waals surface area (Å²) in [7, 11) is 0. The quantitative estimate of drug-likeness (QED) is 0.533. The molecule has 20 heavy (non-hydrogen) atoms. The van der Waals surface area contributed by atoms with E-state index in [0.29, 0.717) is 5.69 Å². The van der Waals surface area contributed by atoms with Crippen molar-refractivity contribution in [3.8, 4) is 28.0 Å². The van der Waals surface area contributed by atoms with Crippen LogP contribution in [0.5, 0.6) is 5.75 Å². The first-order valence-corrected chi connectivity index (χ1v) is 6.49. The van der Waals surface area contributed by atoms with Crippen LogP contribution in [0.15, 0.2) is 72.8 Å². The number of phenols is 1. The van der Waals surface area contributed by atoms with Crippen LogP contribution in [-0.4, -0.2) is 5.11 Å². The Balaban J connectivity index is 2.13. The lowest BCUT2D eigenvalue weighted by molar-refractivity contribution is 0.477. The maximum Gasteiger partial charge on any atom is 0.124 e. The average molecular weight is 261 g/mol. The molecular weight excluding hydrogens is 246 g/mol. The standard InChI is InChI=1S/C18H15NO/c19-17-11-16(14-9-5-2-6-10-14)18(20)12-15(17)13-7-3-1-4-8-13/h1-12,20H,19H2. The van der Waals surface area contributed by atoms with E-state index in [1.807, 2.05) is 66.7 Å². The number of anilines is 1. The summed E-state index contributed by atoms with van der Waals surface area (Å²) in [4.78, 5) is 0. The van der Waals surface area contributed by atoms with Gasteiger partial charge in [-0.2, -0.15) is 0 Å². The van der Waals surface area contributed by atoms with Crippen LogP contribution in [0.2, 0.25) is 0 Å². The Kier molecular flexibility index (Phi) is 3.13. The van der Waals surface area contributed by atoms with Crippen LogP contribution in [0.3, 0.4) is 0 Å². The first-order chi connectivity index (χ1) is 9.75. The van der Waals surface area contributed by atoms with Gasteiger partial charge in [0.15, 0.2) is 0 Å². The second kappa shape index (κ2) is 5.10. The number of hydrogen-bond donors (Lipinski definition) is 2. The Labute approximate surface area is 118 Å². The number of aromatic hydroxyl groups is 1. The molecule has 0 aliphatic rings. The molecule has 0 amide bonds. The molecule has 0 saturated heterocycles. The summed E-state index contributed by atoms with van der Waals surface area (Å²) in [5, 5.41) is 10.3. The van der Waals surface area contributed by atoms with Gasteiger partial charge in [-0.05, 0) is 23.3 Å². The van der Waals surface area contributed by atoms with Gasteiger partial charge in [-0.1, -0.05) is 60.7 Å². The van der Waals surface area contributed by atoms with Crippen LogP contribution in [0.25, 0.3) is 22.3 Å². The molecule has 0 spiro atoms. The SMILES string of the molecule is Nc1cc(-c2ccccc2)c(O)cc1-c1ccccc1. The summed E-state index contributed by atoms with van der Waals surface area (Å²) in [6, 6.07) is 23.1. The molecule has 3 aromatic carbocycles. The summed E-state index contributed by atoms with van der Waals surface area (Å²) < 4.78 is 0. The number of benzene rings is 3. The van der Waals surface area contributed by atoms with Gasteiger partial charge in [0.2, 0.25) is 0 Å². The lowest BCUT2D eigenvalue weighted by Gasteiger charge is -2.11. The van der Waals surface area contributed by atoms with Crippen molar-refractivity contribution in [3.05, 3.63) is 72.8 Å². The Morgan fingerprint density at radius 2 is 1.15 bits per heavy atom. The van der Waals surface area contributed by atoms with Crippen LogP contribution in [-0.2, 0) is 0 Å². The summed E-state index contributed by atoms with van der Waals surface area (Å²) in [5.74, 6) is 0.240. The highest BCUT2D eigenvalue weighted by molar-refractivity contribution is 5.84. The lowest BCUT2D eigenvalue weighted by Crippen LogP contribution is -1.92. The molecule has 3 N–H and O–H groups in total. The largest absolute Gasteiger partial charge is 0.507 e. The van der Waals surface area contributed by atoms with Gasteiger partial charge in [-0.3, -0.25) is 0 Å². The minimum absolute atomic E-state index is 0.240. The third-order valence-corrected chi connectivity index (χ3v) is 3.34. The molecule has 0 bridgehead atoms. The first kappa shape index (κ1) is 12.3. The van der Waals surface area contributed by atoms with Gasteiger partial charge in [0, 0.05) is 16.8 Å². The monoisotopic (exact) mass is 261 g/mol. The van der Waals surface area contributed by atoms with E-state index in [9.17, 15) is 5.11 Å². The van der Waals surface area contributed by atoms with Gasteiger partial charge in [0.25, 0.3) is 0 Å². The van der Waals surface area contributed by atoms with Crippen molar-refractivity contribution in [1.29, 1.82) is 0 Å². The van der Waals surface area contributed by atoms with Crippen LogP contribution in [0.1, 0.15) is 0 Å². The number of nitrogen functional groups attached to an aromatic ring is 1. The summed E-state index contributed by atoms with van der Waals surface area (Å²) >= 11 is 0. The van der Waals surface area contributed by atoms with Gasteiger partial charge < -0.3 is 10.8 Å². The maximum absolute atomic E-state index is 10.3. The predicted molar refractivity (Wildman–Crippen MR) is 83.4 cm³/mol. The zero-order valence-electron chi connectivity index (χ0n) is 11.0. The summed E-state index contributed by atoms with van der Waals surface area (Å²) in [5.41, 5.74) is 10.4. The van der Waals surface area contributed by atoms with Crippen LogP contribution in [0, 0.1) is 0 Å². The highest BCUT2D eigenvalue weighted by Gasteiger charge is 2.10. The third-order valence-electron chi connectivity index (χ3n) is 3.34. The number of nitrogens with two attached hydrogens (primary N) is 1. The maximum atomic E-state index is 10.3. The number of phenolic OH excluding ortho intramolecular Hbond substituents is 1. The fraction of sp³-hybridized carbons (Fsp3) is 0. The molecule has 3 rings (SSSR count). The molecule has 0 radical (unpaired) electrons. The van der Waals surface area contributed by atoms with Crippen LogP contribution >= 0.6 is 0 Å². The zero-order chi connectivity index (χ0) is 13.9. The Hall–Kier alpha value is -2.74. The van der Waals surface area contributed by atoms with Gasteiger partial charge >= 0.3 is 0 Å². The highest BCUT2D eigenvalue weighted by Crippen LogP contribution is 2.37. The number of rotatable bonds is 2. The molecule has 3 aromatic rings. The fourth-order valence-electron chi connectivity index (χ4n) is 2.32. The smallest absolute Gasteiger partial charge is 0.124 e. The summed E-state index contributed by atoms with van der Waals surface area (Å²) in [6.45, 7) is 0. The van der Waals surface area contributed by atoms with Crippen molar-refractivity contribution in [2.75, 3.05) is 5.73 Å². The topological polar surface area (TPSA) is 46.2 Å². The number of hydrogen-bond acceptors (Lipinski definition) is 2. The van der Waals surface area contributed by atoms with Gasteiger partial charge in [0.05, 0.1) is 0 Å². The first-order valence-electron chi connectivity index (χ1n) is 6.49. The van der Waals surface area contributed by atoms with E-state index in [-0.39, 0.29) is 5.75 Å². The second-order valence-electron chi connectivity index (χ2n) is 4.69. The van der Waals surface area contributed by atoms with Crippen LogP contribution < -0.4 is 5.73 Å². The molecule has 0 aliphatic heterocycles. The van der Waals surface area contributed by atoms with E-state index in [1.165, 1.54) is 0 Å². The predicted octanol–water partition coefficient (Wildman–Crippen LogP) is 4.31. The van der Waals surface area contributed by atoms with Crippen molar-refractivity contribution >= 4 is 5.69 Å². The molecule has 0 saturated carbocycles. The Morgan fingerprint density at radius 1 is 0.650 bits per heavy atom.